The minimum Gasteiger partial charge on any atom is -0.490 e. The molecule has 2 N–H and O–H groups in total. The van der Waals surface area contributed by atoms with Crippen molar-refractivity contribution in [1.82, 2.24) is 0 Å². The van der Waals surface area contributed by atoms with Crippen LogP contribution >= 0.6 is 22.9 Å². The maximum atomic E-state index is 6.11. The Morgan fingerprint density at radius 2 is 1.90 bits per heavy atom. The average Bonchev–Trinajstić information content (AvgIpc) is 2.89. The second kappa shape index (κ2) is 7.69. The molecule has 5 heteroatoms. The summed E-state index contributed by atoms with van der Waals surface area (Å²) in [5.74, 6) is 1.45. The lowest BCUT2D eigenvalue weighted by atomic mass is 10.1. The molecule has 0 bridgehead atoms. The van der Waals surface area contributed by atoms with Crippen LogP contribution in [0.3, 0.4) is 0 Å². The predicted molar refractivity (Wildman–Crippen MR) is 88.6 cm³/mol. The first-order valence-corrected chi connectivity index (χ1v) is 8.20. The van der Waals surface area contributed by atoms with Crippen LogP contribution in [0, 0.1) is 0 Å². The van der Waals surface area contributed by atoms with Gasteiger partial charge in [-0.05, 0) is 37.6 Å². The molecule has 0 fully saturated rings. The molecule has 2 rings (SSSR count). The molecule has 0 radical (unpaired) electrons. The highest BCUT2D eigenvalue weighted by Crippen LogP contribution is 2.35. The van der Waals surface area contributed by atoms with Gasteiger partial charge in [0, 0.05) is 10.9 Å². The lowest BCUT2D eigenvalue weighted by Crippen LogP contribution is -2.28. The first-order chi connectivity index (χ1) is 10.1. The zero-order valence-corrected chi connectivity index (χ0v) is 13.8. The van der Waals surface area contributed by atoms with Crippen LogP contribution < -0.4 is 15.2 Å². The minimum atomic E-state index is -0.242. The van der Waals surface area contributed by atoms with E-state index in [1.165, 1.54) is 11.3 Å². The Morgan fingerprint density at radius 3 is 2.48 bits per heavy atom. The largest absolute Gasteiger partial charge is 0.490 e. The molecule has 1 aromatic carbocycles. The third-order valence-electron chi connectivity index (χ3n) is 2.92. The molecule has 1 aromatic heterocycles. The smallest absolute Gasteiger partial charge is 0.162 e. The number of ether oxygens (including phenoxy) is 2. The zero-order chi connectivity index (χ0) is 15.2. The number of thiophene rings is 1. The fraction of sp³-hybridized carbons (Fsp3) is 0.375. The van der Waals surface area contributed by atoms with E-state index in [1.807, 2.05) is 43.3 Å². The first-order valence-electron chi connectivity index (χ1n) is 7.01. The van der Waals surface area contributed by atoms with E-state index in [0.717, 1.165) is 21.4 Å². The van der Waals surface area contributed by atoms with E-state index in [-0.39, 0.29) is 12.1 Å². The van der Waals surface area contributed by atoms with Crippen LogP contribution in [0.2, 0.25) is 4.34 Å². The van der Waals surface area contributed by atoms with E-state index >= 15 is 0 Å². The Morgan fingerprint density at radius 1 is 1.19 bits per heavy atom. The molecular weight excluding hydrogens is 306 g/mol. The van der Waals surface area contributed by atoms with Crippen LogP contribution in [0.25, 0.3) is 0 Å². The average molecular weight is 326 g/mol. The van der Waals surface area contributed by atoms with Gasteiger partial charge in [-0.2, -0.15) is 0 Å². The van der Waals surface area contributed by atoms with Gasteiger partial charge in [-0.15, -0.1) is 11.3 Å². The van der Waals surface area contributed by atoms with Crippen molar-refractivity contribution in [2.24, 2.45) is 5.73 Å². The van der Waals surface area contributed by atoms with E-state index in [9.17, 15) is 0 Å². The van der Waals surface area contributed by atoms with Crippen molar-refractivity contribution in [2.75, 3.05) is 6.61 Å². The number of halogens is 1. The standard InChI is InChI=1S/C16H20ClNO2S/c1-3-10-19-12-6-4-5-7-13(12)20-16(11(2)18)14-8-9-15(17)21-14/h4-9,11,16H,3,10,18H2,1-2H3. The summed E-state index contributed by atoms with van der Waals surface area (Å²) >= 11 is 7.50. The van der Waals surface area contributed by atoms with E-state index in [0.29, 0.717) is 12.4 Å². The van der Waals surface area contributed by atoms with Crippen molar-refractivity contribution in [3.8, 4) is 11.5 Å². The van der Waals surface area contributed by atoms with E-state index in [2.05, 4.69) is 6.92 Å². The van der Waals surface area contributed by atoms with Crippen LogP contribution in [0.1, 0.15) is 31.2 Å². The van der Waals surface area contributed by atoms with Gasteiger partial charge in [-0.1, -0.05) is 30.7 Å². The van der Waals surface area contributed by atoms with Crippen molar-refractivity contribution in [2.45, 2.75) is 32.4 Å². The lowest BCUT2D eigenvalue weighted by Gasteiger charge is -2.23. The molecule has 2 aromatic rings. The summed E-state index contributed by atoms with van der Waals surface area (Å²) in [6, 6.07) is 11.3. The van der Waals surface area contributed by atoms with Crippen molar-refractivity contribution in [3.63, 3.8) is 0 Å². The Bertz CT molecular complexity index is 571. The Balaban J connectivity index is 2.21. The van der Waals surface area contributed by atoms with Gasteiger partial charge in [-0.3, -0.25) is 0 Å². The number of para-hydroxylation sites is 2. The Labute approximate surface area is 134 Å². The molecule has 0 aliphatic carbocycles. The molecule has 0 aliphatic heterocycles. The first kappa shape index (κ1) is 16.1. The quantitative estimate of drug-likeness (QED) is 0.805. The second-order valence-corrected chi connectivity index (χ2v) is 6.58. The van der Waals surface area contributed by atoms with Gasteiger partial charge in [0.2, 0.25) is 0 Å². The number of nitrogens with two attached hydrogens (primary N) is 1. The highest BCUT2D eigenvalue weighted by Gasteiger charge is 2.21. The zero-order valence-electron chi connectivity index (χ0n) is 12.2. The van der Waals surface area contributed by atoms with E-state index < -0.39 is 0 Å². The van der Waals surface area contributed by atoms with Gasteiger partial charge in [0.15, 0.2) is 11.5 Å². The van der Waals surface area contributed by atoms with Gasteiger partial charge < -0.3 is 15.2 Å². The molecule has 1 heterocycles. The van der Waals surface area contributed by atoms with Crippen LogP contribution in [-0.2, 0) is 0 Å². The van der Waals surface area contributed by atoms with Gasteiger partial charge >= 0.3 is 0 Å². The fourth-order valence-corrected chi connectivity index (χ4v) is 3.13. The summed E-state index contributed by atoms with van der Waals surface area (Å²) < 4.78 is 12.6. The third-order valence-corrected chi connectivity index (χ3v) is 4.21. The summed E-state index contributed by atoms with van der Waals surface area (Å²) in [6.07, 6.45) is 0.708. The molecule has 0 saturated heterocycles. The third kappa shape index (κ3) is 4.37. The fourth-order valence-electron chi connectivity index (χ4n) is 1.92. The van der Waals surface area contributed by atoms with Gasteiger partial charge in [0.05, 0.1) is 10.9 Å². The number of hydrogen-bond acceptors (Lipinski definition) is 4. The molecule has 0 amide bonds. The highest BCUT2D eigenvalue weighted by atomic mass is 35.5. The lowest BCUT2D eigenvalue weighted by molar-refractivity contribution is 0.173. The van der Waals surface area contributed by atoms with Crippen molar-refractivity contribution < 1.29 is 9.47 Å². The number of rotatable bonds is 7. The van der Waals surface area contributed by atoms with Crippen molar-refractivity contribution in [3.05, 3.63) is 45.6 Å². The maximum absolute atomic E-state index is 6.11. The molecule has 2 atom stereocenters. The Kier molecular flexibility index (Phi) is 5.91. The van der Waals surface area contributed by atoms with E-state index in [4.69, 9.17) is 26.8 Å². The van der Waals surface area contributed by atoms with E-state index in [1.54, 1.807) is 0 Å². The normalized spacial score (nSPS) is 13.7. The summed E-state index contributed by atoms with van der Waals surface area (Å²) in [5, 5.41) is 0. The molecule has 3 nitrogen and oxygen atoms in total. The minimum absolute atomic E-state index is 0.154. The van der Waals surface area contributed by atoms with Gasteiger partial charge in [0.1, 0.15) is 6.10 Å². The van der Waals surface area contributed by atoms with Crippen LogP contribution in [-0.4, -0.2) is 12.6 Å². The van der Waals surface area contributed by atoms with Crippen molar-refractivity contribution in [1.29, 1.82) is 0 Å². The van der Waals surface area contributed by atoms with Gasteiger partial charge in [0.25, 0.3) is 0 Å². The Hall–Kier alpha value is -1.23. The number of benzene rings is 1. The summed E-state index contributed by atoms with van der Waals surface area (Å²) in [5.41, 5.74) is 6.07. The topological polar surface area (TPSA) is 44.5 Å². The molecule has 2 unspecified atom stereocenters. The molecule has 0 saturated carbocycles. The van der Waals surface area contributed by atoms with Gasteiger partial charge in [-0.25, -0.2) is 0 Å². The van der Waals surface area contributed by atoms with Crippen LogP contribution in [0.5, 0.6) is 11.5 Å². The molecule has 21 heavy (non-hydrogen) atoms. The summed E-state index contributed by atoms with van der Waals surface area (Å²) in [6.45, 7) is 4.66. The maximum Gasteiger partial charge on any atom is 0.162 e. The molecule has 0 spiro atoms. The number of hydrogen-bond donors (Lipinski definition) is 1. The SMILES string of the molecule is CCCOc1ccccc1OC(c1ccc(Cl)s1)C(C)N. The van der Waals surface area contributed by atoms with Crippen molar-refractivity contribution >= 4 is 22.9 Å². The highest BCUT2D eigenvalue weighted by molar-refractivity contribution is 7.16. The second-order valence-electron chi connectivity index (χ2n) is 4.83. The molecular formula is C16H20ClNO2S. The van der Waals surface area contributed by atoms with Crippen LogP contribution in [0.15, 0.2) is 36.4 Å². The predicted octanol–water partition coefficient (Wildman–Crippen LogP) is 4.66. The summed E-state index contributed by atoms with van der Waals surface area (Å²) in [7, 11) is 0. The van der Waals surface area contributed by atoms with Crippen LogP contribution in [0.4, 0.5) is 0 Å². The monoisotopic (exact) mass is 325 g/mol. The summed E-state index contributed by atoms with van der Waals surface area (Å²) in [4.78, 5) is 1.01. The molecule has 0 aliphatic rings. The molecule has 114 valence electrons.